The second-order valence-corrected chi connectivity index (χ2v) is 25.1. The zero-order valence-corrected chi connectivity index (χ0v) is 37.2. The van der Waals surface area contributed by atoms with Crippen molar-refractivity contribution >= 4 is 118 Å². The van der Waals surface area contributed by atoms with Gasteiger partial charge in [-0.15, -0.1) is 0 Å². The molecule has 5 heteroatoms. The second-order valence-electron chi connectivity index (χ2n) is 17.1. The Kier molecular flexibility index (Phi) is 7.83. The molecular formula is C60H38GeN2O2. The van der Waals surface area contributed by atoms with Crippen molar-refractivity contribution in [2.75, 3.05) is 0 Å². The maximum atomic E-state index is 6.43. The number of hydrogen-bond acceptors (Lipinski definition) is 2. The zero-order chi connectivity index (χ0) is 42.6. The van der Waals surface area contributed by atoms with Crippen LogP contribution in [-0.2, 0) is 0 Å². The van der Waals surface area contributed by atoms with E-state index >= 15 is 0 Å². The van der Waals surface area contributed by atoms with Crippen molar-refractivity contribution < 1.29 is 8.83 Å². The molecule has 0 unspecified atom stereocenters. The normalized spacial score (nSPS) is 12.3. The van der Waals surface area contributed by atoms with Gasteiger partial charge in [0.1, 0.15) is 0 Å². The summed E-state index contributed by atoms with van der Waals surface area (Å²) in [5, 5.41) is 9.42. The summed E-state index contributed by atoms with van der Waals surface area (Å²) >= 11 is -3.86. The van der Waals surface area contributed by atoms with Crippen molar-refractivity contribution in [1.82, 2.24) is 9.13 Å². The summed E-state index contributed by atoms with van der Waals surface area (Å²) in [6.07, 6.45) is 0. The fourth-order valence-corrected chi connectivity index (χ4v) is 21.2. The molecule has 0 saturated carbocycles. The molecule has 0 aliphatic rings. The first-order chi connectivity index (χ1) is 32.3. The van der Waals surface area contributed by atoms with E-state index in [1.807, 2.05) is 12.1 Å². The van der Waals surface area contributed by atoms with Gasteiger partial charge in [0.2, 0.25) is 0 Å². The third-order valence-corrected chi connectivity index (χ3v) is 23.8. The molecule has 0 aliphatic carbocycles. The van der Waals surface area contributed by atoms with E-state index in [4.69, 9.17) is 8.83 Å². The molecule has 65 heavy (non-hydrogen) atoms. The zero-order valence-electron chi connectivity index (χ0n) is 35.2. The molecule has 0 saturated heterocycles. The van der Waals surface area contributed by atoms with Crippen LogP contribution in [-0.4, -0.2) is 22.4 Å². The molecule has 0 fully saturated rings. The Morgan fingerprint density at radius 2 is 0.631 bits per heavy atom. The SMILES string of the molecule is c1cc[c]([Ge]([c]2ccccc2)([c]2ccc3c(c2)c2ccccc2n3-c2cccc3oc4ccccc4c23)[c]2ccc3c(c2)c2ccccc2n3-c2cccc3oc4ccccc4c23)cc1. The fourth-order valence-electron chi connectivity index (χ4n) is 11.2. The van der Waals surface area contributed by atoms with Gasteiger partial charge in [-0.3, -0.25) is 0 Å². The van der Waals surface area contributed by atoms with Crippen molar-refractivity contribution in [1.29, 1.82) is 0 Å². The van der Waals surface area contributed by atoms with E-state index in [1.165, 1.54) is 61.2 Å². The standard InChI is InChI=1S/C60H38GeN2O2/c1-3-17-39(18-4-1)61(40-19-5-2-6-20-40,41-33-35-51-47(37-41)43-21-7-11-25-49(43)62(51)53-27-15-31-57-59(53)45-23-9-13-29-55(45)64-57)42-34-36-52-48(38-42)44-22-8-12-26-50(44)63(52)54-28-16-32-58-60(54)46-24-10-14-30-56(46)65-58/h1-38H. The maximum absolute atomic E-state index is 6.43. The molecule has 14 aromatic rings. The molecule has 304 valence electrons. The number of benzene rings is 10. The van der Waals surface area contributed by atoms with Crippen molar-refractivity contribution in [3.05, 3.63) is 231 Å². The van der Waals surface area contributed by atoms with Crippen LogP contribution in [0, 0.1) is 0 Å². The van der Waals surface area contributed by atoms with E-state index in [-0.39, 0.29) is 0 Å². The van der Waals surface area contributed by atoms with Gasteiger partial charge >= 0.3 is 378 Å². The minimum absolute atomic E-state index is 0.889. The van der Waals surface area contributed by atoms with Crippen molar-refractivity contribution in [2.45, 2.75) is 0 Å². The summed E-state index contributed by atoms with van der Waals surface area (Å²) in [6, 6.07) is 84.8. The Morgan fingerprint density at radius 3 is 1.09 bits per heavy atom. The van der Waals surface area contributed by atoms with Crippen LogP contribution in [0.2, 0.25) is 0 Å². The Morgan fingerprint density at radius 1 is 0.262 bits per heavy atom. The van der Waals surface area contributed by atoms with E-state index in [9.17, 15) is 0 Å². The number of furan rings is 2. The van der Waals surface area contributed by atoms with Crippen LogP contribution in [0.4, 0.5) is 0 Å². The van der Waals surface area contributed by atoms with Gasteiger partial charge < -0.3 is 0 Å². The summed E-state index contributed by atoms with van der Waals surface area (Å²) in [5.41, 5.74) is 10.5. The van der Waals surface area contributed by atoms with E-state index in [0.29, 0.717) is 0 Å². The molecule has 0 atom stereocenters. The molecule has 0 amide bonds. The molecule has 4 aromatic heterocycles. The number of aromatic nitrogens is 2. The first-order valence-electron chi connectivity index (χ1n) is 22.3. The Balaban J connectivity index is 1.07. The Hall–Kier alpha value is -8.06. The fraction of sp³-hybridized carbons (Fsp3) is 0. The quantitative estimate of drug-likeness (QED) is 0.156. The van der Waals surface area contributed by atoms with Gasteiger partial charge in [0.05, 0.1) is 0 Å². The van der Waals surface area contributed by atoms with Crippen LogP contribution in [0.5, 0.6) is 0 Å². The van der Waals surface area contributed by atoms with Gasteiger partial charge in [0.25, 0.3) is 0 Å². The number of hydrogen-bond donors (Lipinski definition) is 0. The molecule has 0 spiro atoms. The van der Waals surface area contributed by atoms with Crippen LogP contribution >= 0.6 is 0 Å². The van der Waals surface area contributed by atoms with Crippen LogP contribution in [0.3, 0.4) is 0 Å². The molecule has 0 bridgehead atoms. The van der Waals surface area contributed by atoms with Crippen LogP contribution in [0.1, 0.15) is 0 Å². The average Bonchev–Trinajstić information content (AvgIpc) is 4.13. The summed E-state index contributed by atoms with van der Waals surface area (Å²) in [7, 11) is 0. The number of fused-ring (bicyclic) bond motifs is 12. The summed E-state index contributed by atoms with van der Waals surface area (Å²) < 4.78 is 23.3. The van der Waals surface area contributed by atoms with Gasteiger partial charge in [-0.2, -0.15) is 0 Å². The Bertz CT molecular complexity index is 3920. The number of nitrogens with zero attached hydrogens (tertiary/aromatic N) is 2. The van der Waals surface area contributed by atoms with E-state index in [2.05, 4.69) is 228 Å². The van der Waals surface area contributed by atoms with Crippen molar-refractivity contribution in [3.63, 3.8) is 0 Å². The first kappa shape index (κ1) is 36.4. The minimum atomic E-state index is -3.86. The number of rotatable bonds is 6. The van der Waals surface area contributed by atoms with Crippen LogP contribution in [0.25, 0.3) is 98.9 Å². The molecule has 0 radical (unpaired) electrons. The Labute approximate surface area is 376 Å². The molecule has 14 rings (SSSR count). The van der Waals surface area contributed by atoms with Gasteiger partial charge in [-0.25, -0.2) is 0 Å². The van der Waals surface area contributed by atoms with Gasteiger partial charge in [0, 0.05) is 0 Å². The predicted molar refractivity (Wildman–Crippen MR) is 273 cm³/mol. The molecule has 10 aromatic carbocycles. The van der Waals surface area contributed by atoms with Gasteiger partial charge in [-0.05, 0) is 0 Å². The van der Waals surface area contributed by atoms with Crippen LogP contribution in [0.15, 0.2) is 239 Å². The molecule has 4 heterocycles. The predicted octanol–water partition coefficient (Wildman–Crippen LogP) is 13.1. The topological polar surface area (TPSA) is 36.1 Å². The molecular weight excluding hydrogens is 853 g/mol. The first-order valence-corrected chi connectivity index (χ1v) is 26.4. The monoisotopic (exact) mass is 892 g/mol. The van der Waals surface area contributed by atoms with E-state index in [1.54, 1.807) is 0 Å². The summed E-state index contributed by atoms with van der Waals surface area (Å²) in [6.45, 7) is 0. The van der Waals surface area contributed by atoms with E-state index < -0.39 is 13.3 Å². The van der Waals surface area contributed by atoms with Crippen LogP contribution < -0.4 is 17.6 Å². The van der Waals surface area contributed by atoms with Gasteiger partial charge in [0.15, 0.2) is 0 Å². The average molecular weight is 892 g/mol. The van der Waals surface area contributed by atoms with E-state index in [0.717, 1.165) is 55.3 Å². The molecule has 4 nitrogen and oxygen atoms in total. The molecule has 0 aliphatic heterocycles. The van der Waals surface area contributed by atoms with Gasteiger partial charge in [-0.1, -0.05) is 0 Å². The summed E-state index contributed by atoms with van der Waals surface area (Å²) in [4.78, 5) is 0. The summed E-state index contributed by atoms with van der Waals surface area (Å²) in [5.74, 6) is 0. The third-order valence-electron chi connectivity index (χ3n) is 13.9. The van der Waals surface area contributed by atoms with Crippen molar-refractivity contribution in [3.8, 4) is 11.4 Å². The molecule has 0 N–H and O–H groups in total. The van der Waals surface area contributed by atoms with Crippen molar-refractivity contribution in [2.24, 2.45) is 0 Å². The second kappa shape index (κ2) is 14.0. The number of para-hydroxylation sites is 4. The third kappa shape index (κ3) is 5.14.